The van der Waals surface area contributed by atoms with Crippen LogP contribution in [0.25, 0.3) is 22.0 Å². The predicted octanol–water partition coefficient (Wildman–Crippen LogP) is 2.55. The highest BCUT2D eigenvalue weighted by molar-refractivity contribution is 7.89. The Labute approximate surface area is 116 Å². The van der Waals surface area contributed by atoms with Crippen LogP contribution in [-0.2, 0) is 10.0 Å². The summed E-state index contributed by atoms with van der Waals surface area (Å²) in [7, 11) is -3.76. The summed E-state index contributed by atoms with van der Waals surface area (Å²) in [5.74, 6) is 0. The minimum absolute atomic E-state index is 0.120. The van der Waals surface area contributed by atoms with E-state index in [4.69, 9.17) is 5.14 Å². The number of benzene rings is 2. The van der Waals surface area contributed by atoms with Gasteiger partial charge in [-0.2, -0.15) is 0 Å². The van der Waals surface area contributed by atoms with Crippen LogP contribution in [0.1, 0.15) is 0 Å². The Morgan fingerprint density at radius 1 is 0.850 bits per heavy atom. The molecular weight excluding hydrogens is 272 g/mol. The normalized spacial score (nSPS) is 11.7. The van der Waals surface area contributed by atoms with Crippen molar-refractivity contribution in [2.75, 3.05) is 0 Å². The van der Waals surface area contributed by atoms with Crippen molar-refractivity contribution in [3.63, 3.8) is 0 Å². The summed E-state index contributed by atoms with van der Waals surface area (Å²) in [6, 6.07) is 16.3. The second-order valence-corrected chi connectivity index (χ2v) is 5.95. The Kier molecular flexibility index (Phi) is 3.00. The number of hydrogen-bond acceptors (Lipinski definition) is 3. The van der Waals surface area contributed by atoms with Gasteiger partial charge < -0.3 is 0 Å². The number of primary sulfonamides is 1. The van der Waals surface area contributed by atoms with Crippen molar-refractivity contribution in [3.05, 3.63) is 60.8 Å². The molecule has 3 rings (SSSR count). The molecule has 5 heteroatoms. The lowest BCUT2D eigenvalue weighted by Crippen LogP contribution is -2.12. The summed E-state index contributed by atoms with van der Waals surface area (Å²) in [4.78, 5) is 4.48. The zero-order valence-corrected chi connectivity index (χ0v) is 11.3. The first-order valence-electron chi connectivity index (χ1n) is 6.03. The average molecular weight is 284 g/mol. The first-order chi connectivity index (χ1) is 9.57. The number of sulfonamides is 1. The van der Waals surface area contributed by atoms with E-state index in [2.05, 4.69) is 4.98 Å². The Morgan fingerprint density at radius 3 is 2.30 bits per heavy atom. The summed E-state index contributed by atoms with van der Waals surface area (Å²) in [6.45, 7) is 0. The molecule has 4 nitrogen and oxygen atoms in total. The molecule has 0 bridgehead atoms. The van der Waals surface area contributed by atoms with Crippen molar-refractivity contribution in [1.82, 2.24) is 4.98 Å². The molecule has 0 aliphatic heterocycles. The second-order valence-electron chi connectivity index (χ2n) is 4.42. The SMILES string of the molecule is NS(=O)(=O)c1cccc2c(-c3ccccc3)nccc12. The summed E-state index contributed by atoms with van der Waals surface area (Å²) >= 11 is 0. The Hall–Kier alpha value is -2.24. The highest BCUT2D eigenvalue weighted by Gasteiger charge is 2.14. The minimum Gasteiger partial charge on any atom is -0.256 e. The van der Waals surface area contributed by atoms with E-state index < -0.39 is 10.0 Å². The smallest absolute Gasteiger partial charge is 0.238 e. The minimum atomic E-state index is -3.76. The van der Waals surface area contributed by atoms with Gasteiger partial charge in [-0.3, -0.25) is 4.98 Å². The van der Waals surface area contributed by atoms with Crippen LogP contribution < -0.4 is 5.14 Å². The van der Waals surface area contributed by atoms with Crippen LogP contribution in [0.3, 0.4) is 0 Å². The maximum Gasteiger partial charge on any atom is 0.238 e. The molecule has 0 amide bonds. The summed E-state index contributed by atoms with van der Waals surface area (Å²) in [5.41, 5.74) is 1.68. The molecule has 0 spiro atoms. The molecule has 0 fully saturated rings. The lowest BCUT2D eigenvalue weighted by molar-refractivity contribution is 0.598. The van der Waals surface area contributed by atoms with E-state index in [1.807, 2.05) is 36.4 Å². The Bertz CT molecular complexity index is 875. The third-order valence-electron chi connectivity index (χ3n) is 3.12. The molecule has 0 radical (unpaired) electrons. The molecule has 3 aromatic rings. The first kappa shape index (κ1) is 12.8. The molecule has 20 heavy (non-hydrogen) atoms. The molecule has 0 unspecified atom stereocenters. The van der Waals surface area contributed by atoms with E-state index >= 15 is 0 Å². The molecule has 2 N–H and O–H groups in total. The first-order valence-corrected chi connectivity index (χ1v) is 7.58. The molecule has 0 aliphatic rings. The Morgan fingerprint density at radius 2 is 1.60 bits per heavy atom. The van der Waals surface area contributed by atoms with E-state index in [1.165, 1.54) is 6.07 Å². The van der Waals surface area contributed by atoms with Crippen LogP contribution in [0.4, 0.5) is 0 Å². The third-order valence-corrected chi connectivity index (χ3v) is 4.09. The largest absolute Gasteiger partial charge is 0.256 e. The molecule has 100 valence electrons. The lowest BCUT2D eigenvalue weighted by Gasteiger charge is -2.08. The van der Waals surface area contributed by atoms with Crippen LogP contribution in [-0.4, -0.2) is 13.4 Å². The van der Waals surface area contributed by atoms with E-state index in [-0.39, 0.29) is 4.90 Å². The van der Waals surface area contributed by atoms with Gasteiger partial charge in [0.25, 0.3) is 0 Å². The molecule has 1 heterocycles. The highest BCUT2D eigenvalue weighted by Crippen LogP contribution is 2.29. The van der Waals surface area contributed by atoms with Crippen LogP contribution >= 0.6 is 0 Å². The van der Waals surface area contributed by atoms with Gasteiger partial charge in [-0.25, -0.2) is 13.6 Å². The van der Waals surface area contributed by atoms with Gasteiger partial charge in [-0.1, -0.05) is 42.5 Å². The van der Waals surface area contributed by atoms with Crippen LogP contribution in [0.2, 0.25) is 0 Å². The van der Waals surface area contributed by atoms with Crippen LogP contribution in [0.5, 0.6) is 0 Å². The quantitative estimate of drug-likeness (QED) is 0.786. The zero-order valence-electron chi connectivity index (χ0n) is 10.5. The third kappa shape index (κ3) is 2.17. The number of nitrogens with two attached hydrogens (primary N) is 1. The second kappa shape index (κ2) is 4.70. The van der Waals surface area contributed by atoms with Crippen molar-refractivity contribution in [2.45, 2.75) is 4.90 Å². The van der Waals surface area contributed by atoms with E-state index in [1.54, 1.807) is 18.3 Å². The number of pyridine rings is 1. The Balaban J connectivity index is 2.38. The topological polar surface area (TPSA) is 73.1 Å². The predicted molar refractivity (Wildman–Crippen MR) is 78.6 cm³/mol. The van der Waals surface area contributed by atoms with Crippen molar-refractivity contribution >= 4 is 20.8 Å². The zero-order chi connectivity index (χ0) is 14.2. The van der Waals surface area contributed by atoms with Gasteiger partial charge in [0, 0.05) is 22.5 Å². The summed E-state index contributed by atoms with van der Waals surface area (Å²) < 4.78 is 23.3. The molecule has 0 saturated carbocycles. The van der Waals surface area contributed by atoms with Crippen LogP contribution in [0, 0.1) is 0 Å². The van der Waals surface area contributed by atoms with Gasteiger partial charge in [-0.15, -0.1) is 0 Å². The molecule has 1 aromatic heterocycles. The van der Waals surface area contributed by atoms with Crippen molar-refractivity contribution in [1.29, 1.82) is 0 Å². The molecule has 0 saturated heterocycles. The molecule has 0 atom stereocenters. The maximum absolute atomic E-state index is 11.7. The standard InChI is InChI=1S/C15H12N2O2S/c16-20(18,19)14-8-4-7-13-12(14)9-10-17-15(13)11-5-2-1-3-6-11/h1-10H,(H2,16,18,19). The van der Waals surface area contributed by atoms with Gasteiger partial charge in [-0.05, 0) is 12.1 Å². The summed E-state index contributed by atoms with van der Waals surface area (Å²) in [6.07, 6.45) is 1.60. The van der Waals surface area contributed by atoms with Crippen molar-refractivity contribution < 1.29 is 8.42 Å². The molecule has 2 aromatic carbocycles. The fourth-order valence-corrected chi connectivity index (χ4v) is 3.01. The number of hydrogen-bond donors (Lipinski definition) is 1. The average Bonchev–Trinajstić information content (AvgIpc) is 2.46. The van der Waals surface area contributed by atoms with Gasteiger partial charge in [0.1, 0.15) is 0 Å². The van der Waals surface area contributed by atoms with Gasteiger partial charge in [0.15, 0.2) is 0 Å². The fraction of sp³-hybridized carbons (Fsp3) is 0. The fourth-order valence-electron chi connectivity index (χ4n) is 2.25. The van der Waals surface area contributed by atoms with Gasteiger partial charge in [0.2, 0.25) is 10.0 Å². The number of fused-ring (bicyclic) bond motifs is 1. The number of rotatable bonds is 2. The van der Waals surface area contributed by atoms with E-state index in [0.29, 0.717) is 5.39 Å². The van der Waals surface area contributed by atoms with E-state index in [0.717, 1.165) is 16.6 Å². The highest BCUT2D eigenvalue weighted by atomic mass is 32.2. The number of aromatic nitrogens is 1. The maximum atomic E-state index is 11.7. The van der Waals surface area contributed by atoms with Gasteiger partial charge >= 0.3 is 0 Å². The molecular formula is C15H12N2O2S. The number of nitrogens with zero attached hydrogens (tertiary/aromatic N) is 1. The van der Waals surface area contributed by atoms with Gasteiger partial charge in [0.05, 0.1) is 10.6 Å². The lowest BCUT2D eigenvalue weighted by atomic mass is 10.0. The van der Waals surface area contributed by atoms with E-state index in [9.17, 15) is 8.42 Å². The summed E-state index contributed by atoms with van der Waals surface area (Å²) in [5, 5.41) is 6.62. The molecule has 0 aliphatic carbocycles. The monoisotopic (exact) mass is 284 g/mol. The van der Waals surface area contributed by atoms with Crippen molar-refractivity contribution in [3.8, 4) is 11.3 Å². The van der Waals surface area contributed by atoms with Crippen molar-refractivity contribution in [2.24, 2.45) is 5.14 Å². The van der Waals surface area contributed by atoms with Crippen LogP contribution in [0.15, 0.2) is 65.7 Å².